The minimum absolute atomic E-state index is 0.0972. The largest absolute Gasteiger partial charge is 0.381 e. The van der Waals surface area contributed by atoms with Gasteiger partial charge in [0.05, 0.1) is 0 Å². The Bertz CT molecular complexity index is 761. The summed E-state index contributed by atoms with van der Waals surface area (Å²) in [5.74, 6) is 0.406. The summed E-state index contributed by atoms with van der Waals surface area (Å²) in [6.45, 7) is 3.58. The molecule has 0 radical (unpaired) electrons. The molecule has 2 aromatic carbocycles. The van der Waals surface area contributed by atoms with E-state index in [0.717, 1.165) is 37.5 Å². The molecule has 1 aliphatic rings. The van der Waals surface area contributed by atoms with Crippen molar-refractivity contribution in [2.75, 3.05) is 18.5 Å². The number of carbonyl (C=O) groups is 1. The fourth-order valence-corrected chi connectivity index (χ4v) is 4.40. The van der Waals surface area contributed by atoms with Crippen LogP contribution in [-0.4, -0.2) is 24.4 Å². The van der Waals surface area contributed by atoms with Crippen molar-refractivity contribution in [3.05, 3.63) is 65.5 Å². The molecule has 1 saturated heterocycles. The van der Waals surface area contributed by atoms with E-state index in [1.54, 1.807) is 18.2 Å². The molecule has 3 rings (SSSR count). The van der Waals surface area contributed by atoms with Gasteiger partial charge in [-0.1, -0.05) is 37.3 Å². The predicted octanol–water partition coefficient (Wildman–Crippen LogP) is 5.37. The second-order valence-corrected chi connectivity index (χ2v) is 8.29. The minimum atomic E-state index is -0.259. The van der Waals surface area contributed by atoms with Crippen LogP contribution in [0.1, 0.15) is 43.2 Å². The summed E-state index contributed by atoms with van der Waals surface area (Å²) >= 11 is 1.95. The highest BCUT2D eigenvalue weighted by Crippen LogP contribution is 2.27. The normalized spacial score (nSPS) is 16.1. The van der Waals surface area contributed by atoms with E-state index < -0.39 is 0 Å². The molecule has 1 amide bonds. The summed E-state index contributed by atoms with van der Waals surface area (Å²) < 4.78 is 19.3. The number of nitrogens with one attached hydrogen (secondary N) is 1. The molecule has 0 aromatic heterocycles. The SMILES string of the molecule is CC(CC(=O)Nc1cccc(CSC2CCOCC2)c1)c1ccccc1F. The molecular weight excluding hydrogens is 361 g/mol. The first kappa shape index (κ1) is 19.9. The molecule has 0 saturated carbocycles. The number of carbonyl (C=O) groups excluding carboxylic acids is 1. The van der Waals surface area contributed by atoms with Gasteiger partial charge < -0.3 is 10.1 Å². The summed E-state index contributed by atoms with van der Waals surface area (Å²) in [6, 6.07) is 14.6. The molecule has 0 bridgehead atoms. The monoisotopic (exact) mass is 387 g/mol. The number of hydrogen-bond acceptors (Lipinski definition) is 3. The van der Waals surface area contributed by atoms with Crippen LogP contribution in [0.2, 0.25) is 0 Å². The molecule has 1 fully saturated rings. The van der Waals surface area contributed by atoms with Gasteiger partial charge in [-0.2, -0.15) is 11.8 Å². The van der Waals surface area contributed by atoms with Gasteiger partial charge in [0.25, 0.3) is 0 Å². The Morgan fingerprint density at radius 3 is 2.78 bits per heavy atom. The number of halogens is 1. The van der Waals surface area contributed by atoms with Crippen LogP contribution in [0.3, 0.4) is 0 Å². The van der Waals surface area contributed by atoms with Crippen molar-refractivity contribution in [3.63, 3.8) is 0 Å². The molecule has 3 nitrogen and oxygen atoms in total. The molecule has 5 heteroatoms. The average molecular weight is 388 g/mol. The highest BCUT2D eigenvalue weighted by molar-refractivity contribution is 7.99. The molecule has 1 aliphatic heterocycles. The van der Waals surface area contributed by atoms with E-state index in [1.165, 1.54) is 11.6 Å². The first-order valence-corrected chi connectivity index (χ1v) is 10.5. The molecule has 0 aliphatic carbocycles. The Morgan fingerprint density at radius 1 is 1.22 bits per heavy atom. The van der Waals surface area contributed by atoms with Crippen LogP contribution in [0.5, 0.6) is 0 Å². The molecule has 144 valence electrons. The van der Waals surface area contributed by atoms with Gasteiger partial charge in [0.1, 0.15) is 5.82 Å². The fourth-order valence-electron chi connectivity index (χ4n) is 3.27. The van der Waals surface area contributed by atoms with Crippen LogP contribution < -0.4 is 5.32 Å². The van der Waals surface area contributed by atoms with Gasteiger partial charge in [-0.25, -0.2) is 4.39 Å². The van der Waals surface area contributed by atoms with Gasteiger partial charge in [-0.15, -0.1) is 0 Å². The maximum Gasteiger partial charge on any atom is 0.224 e. The molecule has 1 unspecified atom stereocenters. The van der Waals surface area contributed by atoms with Crippen molar-refractivity contribution in [3.8, 4) is 0 Å². The fraction of sp³-hybridized carbons (Fsp3) is 0.409. The van der Waals surface area contributed by atoms with E-state index in [0.29, 0.717) is 10.8 Å². The van der Waals surface area contributed by atoms with Crippen LogP contribution >= 0.6 is 11.8 Å². The lowest BCUT2D eigenvalue weighted by Gasteiger charge is -2.21. The average Bonchev–Trinajstić information content (AvgIpc) is 2.67. The van der Waals surface area contributed by atoms with Gasteiger partial charge in [0.2, 0.25) is 5.91 Å². The third kappa shape index (κ3) is 6.08. The molecule has 1 heterocycles. The van der Waals surface area contributed by atoms with Gasteiger partial charge >= 0.3 is 0 Å². The number of hydrogen-bond donors (Lipinski definition) is 1. The smallest absolute Gasteiger partial charge is 0.224 e. The minimum Gasteiger partial charge on any atom is -0.381 e. The second kappa shape index (κ2) is 9.90. The second-order valence-electron chi connectivity index (χ2n) is 7.00. The summed E-state index contributed by atoms with van der Waals surface area (Å²) in [5.41, 5.74) is 2.58. The lowest BCUT2D eigenvalue weighted by atomic mass is 9.97. The Labute approximate surface area is 164 Å². The number of anilines is 1. The number of rotatable bonds is 7. The van der Waals surface area contributed by atoms with E-state index in [1.807, 2.05) is 36.9 Å². The Kier molecular flexibility index (Phi) is 7.30. The Hall–Kier alpha value is -1.85. The van der Waals surface area contributed by atoms with Crippen LogP contribution in [0, 0.1) is 5.82 Å². The zero-order chi connectivity index (χ0) is 19.1. The Morgan fingerprint density at radius 2 is 2.00 bits per heavy atom. The number of thioether (sulfide) groups is 1. The third-order valence-corrected chi connectivity index (χ3v) is 6.24. The van der Waals surface area contributed by atoms with Gasteiger partial charge in [-0.3, -0.25) is 4.79 Å². The van der Waals surface area contributed by atoms with Gasteiger partial charge in [0.15, 0.2) is 0 Å². The summed E-state index contributed by atoms with van der Waals surface area (Å²) in [5, 5.41) is 3.60. The molecule has 1 N–H and O–H groups in total. The summed E-state index contributed by atoms with van der Waals surface area (Å²) in [7, 11) is 0. The number of amides is 1. The van der Waals surface area contributed by atoms with Gasteiger partial charge in [0, 0.05) is 36.3 Å². The predicted molar refractivity (Wildman–Crippen MR) is 110 cm³/mol. The highest BCUT2D eigenvalue weighted by Gasteiger charge is 2.16. The lowest BCUT2D eigenvalue weighted by molar-refractivity contribution is -0.116. The van der Waals surface area contributed by atoms with E-state index >= 15 is 0 Å². The third-order valence-electron chi connectivity index (χ3n) is 4.79. The van der Waals surface area contributed by atoms with Crippen LogP contribution in [0.25, 0.3) is 0 Å². The van der Waals surface area contributed by atoms with Gasteiger partial charge in [-0.05, 0) is 48.1 Å². The van der Waals surface area contributed by atoms with Crippen LogP contribution in [0.15, 0.2) is 48.5 Å². The maximum atomic E-state index is 13.9. The van der Waals surface area contributed by atoms with Crippen molar-refractivity contribution >= 4 is 23.4 Å². The van der Waals surface area contributed by atoms with E-state index in [-0.39, 0.29) is 24.1 Å². The quantitative estimate of drug-likeness (QED) is 0.694. The molecule has 0 spiro atoms. The number of ether oxygens (including phenoxy) is 1. The topological polar surface area (TPSA) is 38.3 Å². The van der Waals surface area contributed by atoms with Crippen molar-refractivity contribution in [2.24, 2.45) is 0 Å². The first-order valence-electron chi connectivity index (χ1n) is 9.44. The standard InChI is InChI=1S/C22H26FNO2S/c1-16(20-7-2-3-8-21(20)23)13-22(25)24-18-6-4-5-17(14-18)15-27-19-9-11-26-12-10-19/h2-8,14,16,19H,9-13,15H2,1H3,(H,24,25). The van der Waals surface area contributed by atoms with Crippen molar-refractivity contribution in [1.82, 2.24) is 0 Å². The number of benzene rings is 2. The lowest BCUT2D eigenvalue weighted by Crippen LogP contribution is -2.17. The highest BCUT2D eigenvalue weighted by atomic mass is 32.2. The zero-order valence-corrected chi connectivity index (χ0v) is 16.4. The Balaban J connectivity index is 1.52. The van der Waals surface area contributed by atoms with Crippen molar-refractivity contribution in [2.45, 2.75) is 43.1 Å². The van der Waals surface area contributed by atoms with E-state index in [4.69, 9.17) is 4.74 Å². The zero-order valence-electron chi connectivity index (χ0n) is 15.6. The molecule has 1 atom stereocenters. The van der Waals surface area contributed by atoms with Crippen LogP contribution in [0.4, 0.5) is 10.1 Å². The molecule has 2 aromatic rings. The first-order chi connectivity index (χ1) is 13.1. The molecular formula is C22H26FNO2S. The van der Waals surface area contributed by atoms with Crippen molar-refractivity contribution in [1.29, 1.82) is 0 Å². The van der Waals surface area contributed by atoms with Crippen molar-refractivity contribution < 1.29 is 13.9 Å². The van der Waals surface area contributed by atoms with E-state index in [2.05, 4.69) is 11.4 Å². The van der Waals surface area contributed by atoms with E-state index in [9.17, 15) is 9.18 Å². The maximum absolute atomic E-state index is 13.9. The summed E-state index contributed by atoms with van der Waals surface area (Å²) in [6.07, 6.45) is 2.46. The van der Waals surface area contributed by atoms with Crippen LogP contribution in [-0.2, 0) is 15.3 Å². The summed E-state index contributed by atoms with van der Waals surface area (Å²) in [4.78, 5) is 12.4. The molecule has 27 heavy (non-hydrogen) atoms.